The zero-order chi connectivity index (χ0) is 21.6. The minimum atomic E-state index is 0.0718. The minimum absolute atomic E-state index is 0.0718. The van der Waals surface area contributed by atoms with Gasteiger partial charge in [0.25, 0.3) is 0 Å². The molecule has 0 saturated heterocycles. The summed E-state index contributed by atoms with van der Waals surface area (Å²) < 4.78 is 0. The molecule has 28 heavy (non-hydrogen) atoms. The van der Waals surface area contributed by atoms with Crippen molar-refractivity contribution in [3.8, 4) is 11.5 Å². The third kappa shape index (κ3) is 27.3. The molecule has 4 heteroatoms. The first-order valence-corrected chi connectivity index (χ1v) is 13.7. The van der Waals surface area contributed by atoms with Gasteiger partial charge in [-0.25, -0.2) is 0 Å². The van der Waals surface area contributed by atoms with E-state index in [0.29, 0.717) is 0 Å². The summed E-state index contributed by atoms with van der Waals surface area (Å²) in [6.45, 7) is 13.7. The summed E-state index contributed by atoms with van der Waals surface area (Å²) >= 11 is 1.57. The molecular formula is C24H38Al2O2. The van der Waals surface area contributed by atoms with E-state index in [1.165, 1.54) is 45.4 Å². The summed E-state index contributed by atoms with van der Waals surface area (Å²) in [6.07, 6.45) is 0. The molecule has 2 aromatic carbocycles. The van der Waals surface area contributed by atoms with Crippen LogP contribution in [0.4, 0.5) is 0 Å². The molecule has 0 aliphatic carbocycles. The summed E-state index contributed by atoms with van der Waals surface area (Å²) in [5, 5.41) is 26.4. The van der Waals surface area contributed by atoms with E-state index in [1.807, 2.05) is 12.1 Å². The second-order valence-corrected chi connectivity index (χ2v) is 11.0. The van der Waals surface area contributed by atoms with Crippen LogP contribution in [-0.4, -0.2) is 30.4 Å². The van der Waals surface area contributed by atoms with Crippen LogP contribution in [-0.2, 0) is 0 Å². The monoisotopic (exact) mass is 412 g/mol. The van der Waals surface area contributed by atoms with Crippen LogP contribution in [0.15, 0.2) is 60.7 Å². The van der Waals surface area contributed by atoms with Gasteiger partial charge in [-0.15, -0.1) is 11.5 Å². The number of benzene rings is 2. The first-order valence-electron chi connectivity index (χ1n) is 10.4. The Labute approximate surface area is 186 Å². The van der Waals surface area contributed by atoms with E-state index in [2.05, 4.69) is 41.5 Å². The molecule has 2 aromatic rings. The third-order valence-corrected chi connectivity index (χ3v) is 7.05. The van der Waals surface area contributed by atoms with E-state index in [9.17, 15) is 10.2 Å². The van der Waals surface area contributed by atoms with Crippen LogP contribution in [0.3, 0.4) is 0 Å². The summed E-state index contributed by atoms with van der Waals surface area (Å²) in [4.78, 5) is 0. The normalized spacial score (nSPS) is 8.86. The van der Waals surface area contributed by atoms with Gasteiger partial charge in [0.2, 0.25) is 0 Å². The van der Waals surface area contributed by atoms with Crippen LogP contribution >= 0.6 is 0 Å². The fourth-order valence-corrected chi connectivity index (χ4v) is 4.00. The van der Waals surface area contributed by atoms with Crippen molar-refractivity contribution in [1.29, 1.82) is 0 Å². The number of para-hydroxylation sites is 2. The fraction of sp³-hybridized carbons (Fsp3) is 0.500. The summed E-state index contributed by atoms with van der Waals surface area (Å²) in [5.41, 5.74) is 0. The molecule has 0 radical (unpaired) electrons. The molecule has 0 amide bonds. The molecule has 0 bridgehead atoms. The molecule has 0 aliphatic heterocycles. The van der Waals surface area contributed by atoms with Crippen molar-refractivity contribution in [2.75, 3.05) is 0 Å². The Hall–Kier alpha value is -0.895. The van der Waals surface area contributed by atoms with E-state index < -0.39 is 0 Å². The standard InChI is InChI=1S/2C6H6O.2C4H9.2C2H5.2Al/c2*7-6-4-2-1-3-5-6;2*1-4(2)3;2*1-2;;/h2*1-5,7H;2*4H,1H2,2-3H3;2*1H2,2H3;;/q;;;;;;2*+1/p-2. The maximum atomic E-state index is 10.3. The minimum Gasteiger partial charge on any atom is -0.872 e. The molecule has 0 atom stereocenters. The molecule has 0 heterocycles. The van der Waals surface area contributed by atoms with Gasteiger partial charge in [0.05, 0.1) is 0 Å². The molecule has 0 saturated carbocycles. The molecule has 0 fully saturated rings. The first-order chi connectivity index (χ1) is 13.3. The van der Waals surface area contributed by atoms with Crippen molar-refractivity contribution >= 4 is 30.4 Å². The van der Waals surface area contributed by atoms with Crippen LogP contribution in [0.1, 0.15) is 41.5 Å². The zero-order valence-electron chi connectivity index (χ0n) is 18.7. The van der Waals surface area contributed by atoms with E-state index >= 15 is 0 Å². The van der Waals surface area contributed by atoms with Gasteiger partial charge in [-0.3, -0.25) is 0 Å². The second-order valence-electron chi connectivity index (χ2n) is 7.28. The van der Waals surface area contributed by atoms with Crippen molar-refractivity contribution < 1.29 is 10.2 Å². The molecular weight excluding hydrogens is 374 g/mol. The topological polar surface area (TPSA) is 46.1 Å². The fourth-order valence-electron chi connectivity index (χ4n) is 1.89. The Morgan fingerprint density at radius 2 is 0.929 bits per heavy atom. The van der Waals surface area contributed by atoms with Gasteiger partial charge < -0.3 is 10.2 Å². The van der Waals surface area contributed by atoms with Crippen LogP contribution < -0.4 is 10.2 Å². The zero-order valence-corrected chi connectivity index (χ0v) is 21.0. The second kappa shape index (κ2) is 22.4. The van der Waals surface area contributed by atoms with E-state index in [0.717, 1.165) is 42.3 Å². The smallest absolute Gasteiger partial charge is 0.0623 e. The summed E-state index contributed by atoms with van der Waals surface area (Å²) in [7, 11) is 0. The molecule has 152 valence electrons. The first kappa shape index (κ1) is 29.3. The van der Waals surface area contributed by atoms with Gasteiger partial charge in [-0.05, 0) is 0 Å². The number of hydrogen-bond donors (Lipinski definition) is 0. The van der Waals surface area contributed by atoms with Crippen molar-refractivity contribution in [2.24, 2.45) is 11.8 Å². The quantitative estimate of drug-likeness (QED) is 0.552. The van der Waals surface area contributed by atoms with E-state index in [-0.39, 0.29) is 11.5 Å². The van der Waals surface area contributed by atoms with Gasteiger partial charge in [-0.1, -0.05) is 60.7 Å². The van der Waals surface area contributed by atoms with Gasteiger partial charge in [0.15, 0.2) is 0 Å². The maximum Gasteiger partial charge on any atom is -0.0623 e. The molecule has 0 unspecified atom stereocenters. The average molecular weight is 413 g/mol. The summed E-state index contributed by atoms with van der Waals surface area (Å²) in [5.74, 6) is 2.00. The SMILES string of the molecule is CC(C)[CH2][Al+][CH2]C(C)C.C[CH2][Al+][CH2]C.[O-]c1ccccc1.[O-]c1ccccc1. The van der Waals surface area contributed by atoms with E-state index in [1.54, 1.807) is 24.3 Å². The molecule has 0 aliphatic rings. The summed E-state index contributed by atoms with van der Waals surface area (Å²) in [6, 6.07) is 16.7. The van der Waals surface area contributed by atoms with Gasteiger partial charge in [0.1, 0.15) is 0 Å². The van der Waals surface area contributed by atoms with Crippen LogP contribution in [0.5, 0.6) is 11.5 Å². The largest absolute Gasteiger partial charge is 0.872 e. The number of rotatable bonds is 6. The molecule has 2 rings (SSSR count). The average Bonchev–Trinajstić information content (AvgIpc) is 2.65. The van der Waals surface area contributed by atoms with Gasteiger partial charge >= 0.3 is 105 Å². The van der Waals surface area contributed by atoms with E-state index in [4.69, 9.17) is 0 Å². The molecule has 0 aromatic heterocycles. The van der Waals surface area contributed by atoms with Crippen molar-refractivity contribution in [3.63, 3.8) is 0 Å². The predicted octanol–water partition coefficient (Wildman–Crippen LogP) is 5.93. The Morgan fingerprint density at radius 3 is 1.07 bits per heavy atom. The van der Waals surface area contributed by atoms with Crippen molar-refractivity contribution in [1.82, 2.24) is 0 Å². The molecule has 0 N–H and O–H groups in total. The van der Waals surface area contributed by atoms with Gasteiger partial charge in [0, 0.05) is 0 Å². The predicted molar refractivity (Wildman–Crippen MR) is 124 cm³/mol. The Morgan fingerprint density at radius 1 is 0.607 bits per heavy atom. The van der Waals surface area contributed by atoms with Crippen molar-refractivity contribution in [2.45, 2.75) is 62.7 Å². The Bertz CT molecular complexity index is 469. The van der Waals surface area contributed by atoms with Crippen LogP contribution in [0.25, 0.3) is 0 Å². The van der Waals surface area contributed by atoms with Gasteiger partial charge in [-0.2, -0.15) is 0 Å². The number of hydrogen-bond acceptors (Lipinski definition) is 2. The van der Waals surface area contributed by atoms with Crippen LogP contribution in [0.2, 0.25) is 21.1 Å². The molecule has 0 spiro atoms. The van der Waals surface area contributed by atoms with Crippen molar-refractivity contribution in [3.05, 3.63) is 60.7 Å². The Balaban J connectivity index is 0. The third-order valence-electron chi connectivity index (χ3n) is 3.34. The van der Waals surface area contributed by atoms with Crippen LogP contribution in [0, 0.1) is 11.8 Å². The molecule has 2 nitrogen and oxygen atoms in total. The maximum absolute atomic E-state index is 10.3. The Kier molecular flexibility index (Phi) is 23.4.